The molecule has 1 aliphatic rings. The van der Waals surface area contributed by atoms with Crippen molar-refractivity contribution in [1.82, 2.24) is 15.2 Å². The number of hydrogen-bond donors (Lipinski definition) is 2. The molecule has 5 heteroatoms. The smallest absolute Gasteiger partial charge is 0.237 e. The van der Waals surface area contributed by atoms with E-state index < -0.39 is 0 Å². The molecule has 1 rings (SSSR count). The summed E-state index contributed by atoms with van der Waals surface area (Å²) in [6.45, 7) is 10.5. The Hall–Kier alpha value is -0.650. The Balaban J connectivity index is 2.24. The third kappa shape index (κ3) is 4.08. The number of carbonyl (C=O) groups excluding carboxylic acids is 1. The highest BCUT2D eigenvalue weighted by Crippen LogP contribution is 2.06. The first-order valence-corrected chi connectivity index (χ1v) is 6.12. The average molecular weight is 228 g/mol. The van der Waals surface area contributed by atoms with E-state index in [1.54, 1.807) is 0 Å². The minimum absolute atomic E-state index is 0.0253. The van der Waals surface area contributed by atoms with Crippen molar-refractivity contribution in [1.29, 1.82) is 0 Å². The van der Waals surface area contributed by atoms with Crippen molar-refractivity contribution in [3.63, 3.8) is 0 Å². The molecule has 3 N–H and O–H groups in total. The molecule has 0 bridgehead atoms. The molecule has 1 saturated heterocycles. The second-order valence-corrected chi connectivity index (χ2v) is 4.55. The molecule has 1 amide bonds. The molecule has 0 aromatic heterocycles. The van der Waals surface area contributed by atoms with Crippen molar-refractivity contribution in [2.45, 2.75) is 20.3 Å². The molecule has 5 nitrogen and oxygen atoms in total. The largest absolute Gasteiger partial charge is 0.301 e. The van der Waals surface area contributed by atoms with E-state index in [9.17, 15) is 4.79 Å². The molecule has 94 valence electrons. The van der Waals surface area contributed by atoms with Gasteiger partial charge >= 0.3 is 0 Å². The lowest BCUT2D eigenvalue weighted by molar-refractivity contribution is -0.125. The predicted octanol–water partition coefficient (Wildman–Crippen LogP) is -0.360. The maximum Gasteiger partial charge on any atom is 0.237 e. The molecule has 0 radical (unpaired) electrons. The van der Waals surface area contributed by atoms with Gasteiger partial charge in [0, 0.05) is 38.6 Å². The van der Waals surface area contributed by atoms with Crippen molar-refractivity contribution in [3.8, 4) is 0 Å². The van der Waals surface area contributed by atoms with Gasteiger partial charge in [-0.15, -0.1) is 0 Å². The minimum atomic E-state index is -0.0732. The summed E-state index contributed by atoms with van der Waals surface area (Å²) in [6, 6.07) is 0. The summed E-state index contributed by atoms with van der Waals surface area (Å²) in [5, 5.41) is 0. The van der Waals surface area contributed by atoms with E-state index in [1.165, 1.54) is 13.0 Å². The Morgan fingerprint density at radius 3 is 2.38 bits per heavy atom. The SMILES string of the molecule is CCCN1CCN(CC(C)C(=O)NN)CC1. The van der Waals surface area contributed by atoms with Gasteiger partial charge in [-0.25, -0.2) is 5.84 Å². The van der Waals surface area contributed by atoms with E-state index in [-0.39, 0.29) is 11.8 Å². The van der Waals surface area contributed by atoms with Crippen molar-refractivity contribution >= 4 is 5.91 Å². The topological polar surface area (TPSA) is 61.6 Å². The van der Waals surface area contributed by atoms with Crippen LogP contribution in [-0.4, -0.2) is 55.0 Å². The van der Waals surface area contributed by atoms with E-state index in [0.29, 0.717) is 0 Å². The first kappa shape index (κ1) is 13.4. The van der Waals surface area contributed by atoms with Gasteiger partial charge in [-0.3, -0.25) is 10.2 Å². The van der Waals surface area contributed by atoms with Gasteiger partial charge < -0.3 is 9.80 Å². The molecule has 1 unspecified atom stereocenters. The number of hydrogen-bond acceptors (Lipinski definition) is 4. The third-order valence-corrected chi connectivity index (χ3v) is 3.13. The lowest BCUT2D eigenvalue weighted by Gasteiger charge is -2.35. The maximum absolute atomic E-state index is 11.3. The van der Waals surface area contributed by atoms with Crippen LogP contribution in [0.25, 0.3) is 0 Å². The van der Waals surface area contributed by atoms with Crippen LogP contribution in [0.5, 0.6) is 0 Å². The van der Waals surface area contributed by atoms with Crippen molar-refractivity contribution in [2.75, 3.05) is 39.3 Å². The lowest BCUT2D eigenvalue weighted by atomic mass is 10.1. The fourth-order valence-corrected chi connectivity index (χ4v) is 2.12. The Labute approximate surface area is 97.9 Å². The fourth-order valence-electron chi connectivity index (χ4n) is 2.12. The van der Waals surface area contributed by atoms with Gasteiger partial charge in [0.05, 0.1) is 0 Å². The molecular formula is C11H24N4O. The standard InChI is InChI=1S/C11H24N4O/c1-3-4-14-5-7-15(8-6-14)9-10(2)11(16)13-12/h10H,3-9,12H2,1-2H3,(H,13,16). The highest BCUT2D eigenvalue weighted by atomic mass is 16.2. The lowest BCUT2D eigenvalue weighted by Crippen LogP contribution is -2.49. The molecule has 1 fully saturated rings. The predicted molar refractivity (Wildman–Crippen MR) is 64.7 cm³/mol. The van der Waals surface area contributed by atoms with Gasteiger partial charge in [0.15, 0.2) is 0 Å². The van der Waals surface area contributed by atoms with Crippen LogP contribution in [0.1, 0.15) is 20.3 Å². The molecular weight excluding hydrogens is 204 g/mol. The summed E-state index contributed by atoms with van der Waals surface area (Å²) in [5.74, 6) is 5.01. The second kappa shape index (κ2) is 6.83. The summed E-state index contributed by atoms with van der Waals surface area (Å²) < 4.78 is 0. The monoisotopic (exact) mass is 228 g/mol. The van der Waals surface area contributed by atoms with E-state index in [2.05, 4.69) is 22.1 Å². The molecule has 0 aromatic carbocycles. The molecule has 1 heterocycles. The minimum Gasteiger partial charge on any atom is -0.301 e. The van der Waals surface area contributed by atoms with Crippen LogP contribution >= 0.6 is 0 Å². The van der Waals surface area contributed by atoms with Crippen LogP contribution in [0.4, 0.5) is 0 Å². The van der Waals surface area contributed by atoms with Gasteiger partial charge in [-0.2, -0.15) is 0 Å². The highest BCUT2D eigenvalue weighted by Gasteiger charge is 2.20. The van der Waals surface area contributed by atoms with Crippen LogP contribution < -0.4 is 11.3 Å². The zero-order chi connectivity index (χ0) is 12.0. The number of rotatable bonds is 5. The third-order valence-electron chi connectivity index (χ3n) is 3.13. The molecule has 0 saturated carbocycles. The quantitative estimate of drug-likeness (QED) is 0.383. The normalized spacial score (nSPS) is 20.7. The Bertz CT molecular complexity index is 214. The number of carbonyl (C=O) groups is 1. The molecule has 0 aliphatic carbocycles. The number of nitrogens with one attached hydrogen (secondary N) is 1. The van der Waals surface area contributed by atoms with Crippen LogP contribution in [0.2, 0.25) is 0 Å². The maximum atomic E-state index is 11.3. The molecule has 16 heavy (non-hydrogen) atoms. The number of piperazine rings is 1. The zero-order valence-corrected chi connectivity index (χ0v) is 10.4. The van der Waals surface area contributed by atoms with Crippen molar-refractivity contribution in [2.24, 2.45) is 11.8 Å². The Kier molecular flexibility index (Phi) is 5.73. The molecule has 0 aromatic rings. The van der Waals surface area contributed by atoms with E-state index >= 15 is 0 Å². The fraction of sp³-hybridized carbons (Fsp3) is 0.909. The Morgan fingerprint density at radius 2 is 1.88 bits per heavy atom. The van der Waals surface area contributed by atoms with Gasteiger partial charge in [-0.1, -0.05) is 13.8 Å². The van der Waals surface area contributed by atoms with Crippen LogP contribution in [0.3, 0.4) is 0 Å². The van der Waals surface area contributed by atoms with Gasteiger partial charge in [0.1, 0.15) is 0 Å². The van der Waals surface area contributed by atoms with Gasteiger partial charge in [-0.05, 0) is 13.0 Å². The van der Waals surface area contributed by atoms with Crippen LogP contribution in [0, 0.1) is 5.92 Å². The summed E-state index contributed by atoms with van der Waals surface area (Å²) >= 11 is 0. The first-order chi connectivity index (χ1) is 7.67. The Morgan fingerprint density at radius 1 is 1.31 bits per heavy atom. The average Bonchev–Trinajstić information content (AvgIpc) is 2.31. The zero-order valence-electron chi connectivity index (χ0n) is 10.4. The van der Waals surface area contributed by atoms with Crippen molar-refractivity contribution in [3.05, 3.63) is 0 Å². The number of nitrogens with zero attached hydrogens (tertiary/aromatic N) is 2. The second-order valence-electron chi connectivity index (χ2n) is 4.55. The van der Waals surface area contributed by atoms with Crippen LogP contribution in [-0.2, 0) is 4.79 Å². The summed E-state index contributed by atoms with van der Waals surface area (Å²) in [6.07, 6.45) is 1.21. The molecule has 1 atom stereocenters. The van der Waals surface area contributed by atoms with E-state index in [1.807, 2.05) is 6.92 Å². The molecule has 1 aliphatic heterocycles. The highest BCUT2D eigenvalue weighted by molar-refractivity contribution is 5.77. The molecule has 0 spiro atoms. The first-order valence-electron chi connectivity index (χ1n) is 6.12. The number of amides is 1. The van der Waals surface area contributed by atoms with Gasteiger partial charge in [0.2, 0.25) is 5.91 Å². The summed E-state index contributed by atoms with van der Waals surface area (Å²) in [7, 11) is 0. The summed E-state index contributed by atoms with van der Waals surface area (Å²) in [4.78, 5) is 16.1. The number of hydrazine groups is 1. The van der Waals surface area contributed by atoms with Crippen LogP contribution in [0.15, 0.2) is 0 Å². The van der Waals surface area contributed by atoms with E-state index in [0.717, 1.165) is 32.7 Å². The van der Waals surface area contributed by atoms with E-state index in [4.69, 9.17) is 5.84 Å². The van der Waals surface area contributed by atoms with Crippen molar-refractivity contribution < 1.29 is 4.79 Å². The number of nitrogens with two attached hydrogens (primary N) is 1. The summed E-state index contributed by atoms with van der Waals surface area (Å²) in [5.41, 5.74) is 2.21. The van der Waals surface area contributed by atoms with Gasteiger partial charge in [0.25, 0.3) is 0 Å².